The number of aryl methyl sites for hydroxylation is 1. The Morgan fingerprint density at radius 2 is 2.17 bits per heavy atom. The van der Waals surface area contributed by atoms with Crippen molar-refractivity contribution >= 4 is 5.91 Å². The summed E-state index contributed by atoms with van der Waals surface area (Å²) in [6, 6.07) is 7.86. The number of aromatic nitrogens is 2. The Hall–Kier alpha value is -2.21. The van der Waals surface area contributed by atoms with E-state index in [0.717, 1.165) is 24.0 Å². The summed E-state index contributed by atoms with van der Waals surface area (Å²) in [7, 11) is 0. The molecule has 1 atom stereocenters. The van der Waals surface area contributed by atoms with Crippen LogP contribution in [0.25, 0.3) is 11.4 Å². The summed E-state index contributed by atoms with van der Waals surface area (Å²) in [5.74, 6) is 0.937. The Morgan fingerprint density at radius 1 is 1.38 bits per heavy atom. The molecule has 1 aliphatic heterocycles. The quantitative estimate of drug-likeness (QED) is 0.933. The molecule has 0 radical (unpaired) electrons. The van der Waals surface area contributed by atoms with Gasteiger partial charge in [0.15, 0.2) is 0 Å². The lowest BCUT2D eigenvalue weighted by atomic mass is 9.88. The Labute approximate surface area is 141 Å². The first kappa shape index (κ1) is 16.6. The smallest absolute Gasteiger partial charge is 0.246 e. The van der Waals surface area contributed by atoms with Crippen molar-refractivity contribution in [3.8, 4) is 11.4 Å². The van der Waals surface area contributed by atoms with Gasteiger partial charge in [0.2, 0.25) is 17.6 Å². The van der Waals surface area contributed by atoms with Crippen molar-refractivity contribution in [2.75, 3.05) is 6.61 Å². The van der Waals surface area contributed by atoms with Crippen LogP contribution in [-0.2, 0) is 16.1 Å². The molecular formula is C18H23N3O3. The van der Waals surface area contributed by atoms with Crippen LogP contribution in [0.5, 0.6) is 0 Å². The minimum absolute atomic E-state index is 0.0158. The largest absolute Gasteiger partial charge is 0.376 e. The summed E-state index contributed by atoms with van der Waals surface area (Å²) in [5.41, 5.74) is 1.77. The molecule has 0 bridgehead atoms. The molecule has 24 heavy (non-hydrogen) atoms. The van der Waals surface area contributed by atoms with E-state index in [4.69, 9.17) is 9.26 Å². The summed E-state index contributed by atoms with van der Waals surface area (Å²) in [4.78, 5) is 16.7. The molecule has 0 aliphatic carbocycles. The van der Waals surface area contributed by atoms with E-state index < -0.39 is 0 Å². The molecule has 1 unspecified atom stereocenters. The van der Waals surface area contributed by atoms with Crippen LogP contribution >= 0.6 is 0 Å². The molecule has 6 nitrogen and oxygen atoms in total. The van der Waals surface area contributed by atoms with Crippen molar-refractivity contribution in [1.29, 1.82) is 0 Å². The van der Waals surface area contributed by atoms with Crippen molar-refractivity contribution in [2.45, 2.75) is 45.8 Å². The average Bonchev–Trinajstić information content (AvgIpc) is 3.01. The van der Waals surface area contributed by atoms with Crippen LogP contribution in [0.4, 0.5) is 0 Å². The van der Waals surface area contributed by atoms with Crippen molar-refractivity contribution in [1.82, 2.24) is 15.5 Å². The highest BCUT2D eigenvalue weighted by molar-refractivity contribution is 5.78. The van der Waals surface area contributed by atoms with Crippen molar-refractivity contribution in [3.05, 3.63) is 35.7 Å². The van der Waals surface area contributed by atoms with Crippen LogP contribution in [0.2, 0.25) is 0 Å². The van der Waals surface area contributed by atoms with E-state index >= 15 is 0 Å². The van der Waals surface area contributed by atoms with Crippen molar-refractivity contribution in [2.24, 2.45) is 5.92 Å². The Morgan fingerprint density at radius 3 is 2.92 bits per heavy atom. The summed E-state index contributed by atoms with van der Waals surface area (Å²) >= 11 is 0. The predicted octanol–water partition coefficient (Wildman–Crippen LogP) is 2.87. The molecule has 1 aliphatic rings. The highest BCUT2D eigenvalue weighted by atomic mass is 16.5. The SMILES string of the molecule is Cc1ccccc1-c1noc(CNC(=O)C2CCOC(C)(C)C2)n1. The molecule has 128 valence electrons. The second-order valence-electron chi connectivity index (χ2n) is 6.84. The number of hydrogen-bond acceptors (Lipinski definition) is 5. The third-order valence-electron chi connectivity index (χ3n) is 4.34. The van der Waals surface area contributed by atoms with E-state index in [0.29, 0.717) is 18.3 Å². The van der Waals surface area contributed by atoms with Crippen LogP contribution in [0.15, 0.2) is 28.8 Å². The van der Waals surface area contributed by atoms with E-state index in [1.807, 2.05) is 45.0 Å². The van der Waals surface area contributed by atoms with Gasteiger partial charge in [0.05, 0.1) is 12.1 Å². The van der Waals surface area contributed by atoms with Gasteiger partial charge in [-0.3, -0.25) is 4.79 Å². The first-order valence-electron chi connectivity index (χ1n) is 8.25. The molecule has 1 aromatic heterocycles. The summed E-state index contributed by atoms with van der Waals surface area (Å²) in [6.45, 7) is 6.89. The fourth-order valence-electron chi connectivity index (χ4n) is 3.02. The van der Waals surface area contributed by atoms with Gasteiger partial charge >= 0.3 is 0 Å². The maximum absolute atomic E-state index is 12.3. The maximum Gasteiger partial charge on any atom is 0.246 e. The maximum atomic E-state index is 12.3. The van der Waals surface area contributed by atoms with Crippen LogP contribution < -0.4 is 5.32 Å². The normalized spacial score (nSPS) is 19.9. The third kappa shape index (κ3) is 3.82. The van der Waals surface area contributed by atoms with Gasteiger partial charge in [0.1, 0.15) is 0 Å². The first-order chi connectivity index (χ1) is 11.4. The number of amides is 1. The predicted molar refractivity (Wildman–Crippen MR) is 89.1 cm³/mol. The van der Waals surface area contributed by atoms with Gasteiger partial charge in [-0.05, 0) is 39.2 Å². The molecule has 0 spiro atoms. The van der Waals surface area contributed by atoms with E-state index in [-0.39, 0.29) is 24.0 Å². The topological polar surface area (TPSA) is 77.2 Å². The van der Waals surface area contributed by atoms with E-state index in [2.05, 4.69) is 15.5 Å². The van der Waals surface area contributed by atoms with Gasteiger partial charge in [-0.2, -0.15) is 4.98 Å². The zero-order chi connectivity index (χ0) is 17.2. The Bertz CT molecular complexity index is 724. The van der Waals surface area contributed by atoms with E-state index in [1.165, 1.54) is 0 Å². The number of carbonyl (C=O) groups is 1. The highest BCUT2D eigenvalue weighted by Crippen LogP contribution is 2.28. The van der Waals surface area contributed by atoms with E-state index in [9.17, 15) is 4.79 Å². The van der Waals surface area contributed by atoms with Crippen LogP contribution in [-0.4, -0.2) is 28.3 Å². The summed E-state index contributed by atoms with van der Waals surface area (Å²) in [5, 5.41) is 6.90. The number of nitrogens with zero attached hydrogens (tertiary/aromatic N) is 2. The lowest BCUT2D eigenvalue weighted by Gasteiger charge is -2.34. The zero-order valence-corrected chi connectivity index (χ0v) is 14.3. The zero-order valence-electron chi connectivity index (χ0n) is 14.3. The lowest BCUT2D eigenvalue weighted by molar-refractivity contribution is -0.135. The van der Waals surface area contributed by atoms with Gasteiger partial charge in [0.25, 0.3) is 0 Å². The lowest BCUT2D eigenvalue weighted by Crippen LogP contribution is -2.41. The Kier molecular flexibility index (Phi) is 4.66. The molecule has 6 heteroatoms. The fraction of sp³-hybridized carbons (Fsp3) is 0.500. The van der Waals surface area contributed by atoms with Gasteiger partial charge in [-0.15, -0.1) is 0 Å². The molecule has 1 N–H and O–H groups in total. The van der Waals surface area contributed by atoms with Gasteiger partial charge in [0, 0.05) is 18.1 Å². The monoisotopic (exact) mass is 329 g/mol. The number of rotatable bonds is 4. The van der Waals surface area contributed by atoms with Crippen LogP contribution in [0.1, 0.15) is 38.1 Å². The average molecular weight is 329 g/mol. The molecular weight excluding hydrogens is 306 g/mol. The molecule has 3 rings (SSSR count). The van der Waals surface area contributed by atoms with Crippen LogP contribution in [0, 0.1) is 12.8 Å². The Balaban J connectivity index is 1.60. The van der Waals surface area contributed by atoms with Crippen molar-refractivity contribution in [3.63, 3.8) is 0 Å². The summed E-state index contributed by atoms with van der Waals surface area (Å²) < 4.78 is 10.9. The number of carbonyl (C=O) groups excluding carboxylic acids is 1. The number of hydrogen-bond donors (Lipinski definition) is 1. The molecule has 2 aromatic rings. The standard InChI is InChI=1S/C18H23N3O3/c1-12-6-4-5-7-14(12)16-20-15(24-21-16)11-19-17(22)13-8-9-23-18(2,3)10-13/h4-7,13H,8-11H2,1-3H3,(H,19,22). The van der Waals surface area contributed by atoms with Gasteiger partial charge in [-0.1, -0.05) is 29.4 Å². The fourth-order valence-corrected chi connectivity index (χ4v) is 3.02. The molecule has 0 saturated carbocycles. The molecule has 1 fully saturated rings. The van der Waals surface area contributed by atoms with Crippen LogP contribution in [0.3, 0.4) is 0 Å². The number of nitrogens with one attached hydrogen (secondary N) is 1. The molecule has 1 amide bonds. The highest BCUT2D eigenvalue weighted by Gasteiger charge is 2.32. The van der Waals surface area contributed by atoms with E-state index in [1.54, 1.807) is 0 Å². The molecule has 1 aromatic carbocycles. The summed E-state index contributed by atoms with van der Waals surface area (Å²) in [6.07, 6.45) is 1.46. The van der Waals surface area contributed by atoms with Gasteiger partial charge < -0.3 is 14.6 Å². The number of benzene rings is 1. The number of ether oxygens (including phenoxy) is 1. The van der Waals surface area contributed by atoms with Crippen molar-refractivity contribution < 1.29 is 14.1 Å². The van der Waals surface area contributed by atoms with Gasteiger partial charge in [-0.25, -0.2) is 0 Å². The first-order valence-corrected chi connectivity index (χ1v) is 8.25. The molecule has 2 heterocycles. The minimum atomic E-state index is -0.247. The second kappa shape index (κ2) is 6.73. The third-order valence-corrected chi connectivity index (χ3v) is 4.34. The molecule has 1 saturated heterocycles. The second-order valence-corrected chi connectivity index (χ2v) is 6.84. The minimum Gasteiger partial charge on any atom is -0.376 e.